The molecule has 7 nitrogen and oxygen atoms in total. The Balaban J connectivity index is 1.57. The van der Waals surface area contributed by atoms with Gasteiger partial charge in [-0.15, -0.1) is 0 Å². The molecule has 4 aliphatic carbocycles. The van der Waals surface area contributed by atoms with E-state index in [1.54, 1.807) is 0 Å². The van der Waals surface area contributed by atoms with E-state index in [9.17, 15) is 14.4 Å². The quantitative estimate of drug-likeness (QED) is 0.0346. The lowest BCUT2D eigenvalue weighted by atomic mass is 9.49. The number of hydrogen-bond acceptors (Lipinski definition) is 7. The minimum Gasteiger partial charge on any atom is -0.466 e. The third kappa shape index (κ3) is 21.3. The molecule has 0 aromatic carbocycles. The highest BCUT2D eigenvalue weighted by Gasteiger charge is 2.58. The van der Waals surface area contributed by atoms with Crippen LogP contribution in [0.1, 0.15) is 259 Å². The Bertz CT molecular complexity index is 1170. The maximum atomic E-state index is 13.6. The lowest BCUT2D eigenvalue weighted by Gasteiger charge is -2.56. The molecule has 0 aromatic heterocycles. The number of carbonyl (C=O) groups is 3. The Hall–Kier alpha value is -1.63. The maximum absolute atomic E-state index is 13.6. The van der Waals surface area contributed by atoms with Gasteiger partial charge in [0, 0.05) is 12.8 Å². The summed E-state index contributed by atoms with van der Waals surface area (Å²) in [6.07, 6.45) is 39.9. The van der Waals surface area contributed by atoms with Crippen molar-refractivity contribution in [2.45, 2.75) is 259 Å². The second kappa shape index (κ2) is 31.3. The van der Waals surface area contributed by atoms with E-state index in [0.717, 1.165) is 109 Å². The van der Waals surface area contributed by atoms with Gasteiger partial charge in [-0.3, -0.25) is 14.4 Å². The first-order chi connectivity index (χ1) is 29.7. The van der Waals surface area contributed by atoms with Crippen LogP contribution >= 0.6 is 0 Å². The summed E-state index contributed by atoms with van der Waals surface area (Å²) >= 11 is 0. The lowest BCUT2D eigenvalue weighted by molar-refractivity contribution is -0.150. The molecule has 0 N–H and O–H groups in total. The zero-order valence-electron chi connectivity index (χ0n) is 41.0. The Morgan fingerprint density at radius 1 is 0.492 bits per heavy atom. The van der Waals surface area contributed by atoms with Gasteiger partial charge in [-0.2, -0.15) is 0 Å². The fraction of sp³-hybridized carbons (Fsp3) is 0.944. The van der Waals surface area contributed by atoms with Crippen LogP contribution in [-0.2, 0) is 28.6 Å². The van der Waals surface area contributed by atoms with Crippen molar-refractivity contribution >= 4 is 17.9 Å². The number of rotatable bonds is 39. The minimum absolute atomic E-state index is 0.0135. The molecule has 61 heavy (non-hydrogen) atoms. The van der Waals surface area contributed by atoms with Crippen LogP contribution in [0.2, 0.25) is 0 Å². The molecule has 4 bridgehead atoms. The summed E-state index contributed by atoms with van der Waals surface area (Å²) in [5, 5.41) is 0. The van der Waals surface area contributed by atoms with Gasteiger partial charge >= 0.3 is 17.9 Å². The van der Waals surface area contributed by atoms with Crippen molar-refractivity contribution in [3.8, 4) is 0 Å². The Labute approximate surface area is 377 Å². The first kappa shape index (κ1) is 53.7. The molecule has 4 saturated carbocycles. The van der Waals surface area contributed by atoms with E-state index in [1.165, 1.54) is 128 Å². The minimum atomic E-state index is -0.0439. The van der Waals surface area contributed by atoms with E-state index in [0.29, 0.717) is 43.5 Å². The predicted octanol–water partition coefficient (Wildman–Crippen LogP) is 14.9. The monoisotopic (exact) mass is 858 g/mol. The van der Waals surface area contributed by atoms with Gasteiger partial charge in [0.05, 0.1) is 25.7 Å². The first-order valence-corrected chi connectivity index (χ1v) is 26.9. The van der Waals surface area contributed by atoms with Crippen molar-refractivity contribution in [1.29, 1.82) is 0 Å². The number of carbonyl (C=O) groups excluding carboxylic acids is 3. The number of esters is 3. The van der Waals surface area contributed by atoms with Crippen LogP contribution in [0.4, 0.5) is 0 Å². The Morgan fingerprint density at radius 3 is 1.41 bits per heavy atom. The SMILES string of the molecule is CCCCCCCCCC(=O)OCCCC12CCC3(CCCOC(=O)CCCN(CC)CC)CC(C1)CC(CCCOC(=O)C(CCCCCC)CCCCCCCC)(C2)C3. The molecule has 0 heterocycles. The van der Waals surface area contributed by atoms with Crippen molar-refractivity contribution in [2.75, 3.05) is 39.5 Å². The molecule has 0 aromatic rings. The molecule has 0 radical (unpaired) electrons. The number of fused-ring (bicyclic) bond motifs is 1. The van der Waals surface area contributed by atoms with Crippen LogP contribution in [0, 0.1) is 28.1 Å². The average Bonchev–Trinajstić information content (AvgIpc) is 3.42. The fourth-order valence-corrected chi connectivity index (χ4v) is 12.5. The second-order valence-electron chi connectivity index (χ2n) is 20.9. The summed E-state index contributed by atoms with van der Waals surface area (Å²) in [4.78, 5) is 41.2. The molecular formula is C54H99NO6. The summed E-state index contributed by atoms with van der Waals surface area (Å²) in [5.74, 6) is 0.779. The van der Waals surface area contributed by atoms with Crippen molar-refractivity contribution in [3.05, 3.63) is 0 Å². The van der Waals surface area contributed by atoms with Crippen LogP contribution in [0.25, 0.3) is 0 Å². The number of unbranched alkanes of at least 4 members (excludes halogenated alkanes) is 14. The van der Waals surface area contributed by atoms with Crippen LogP contribution in [0.5, 0.6) is 0 Å². The van der Waals surface area contributed by atoms with Gasteiger partial charge in [0.25, 0.3) is 0 Å². The highest BCUT2D eigenvalue weighted by atomic mass is 16.5. The largest absolute Gasteiger partial charge is 0.466 e. The van der Waals surface area contributed by atoms with Crippen molar-refractivity contribution < 1.29 is 28.6 Å². The Kier molecular flexibility index (Phi) is 27.5. The van der Waals surface area contributed by atoms with Gasteiger partial charge in [0.2, 0.25) is 0 Å². The summed E-state index contributed by atoms with van der Waals surface area (Å²) in [7, 11) is 0. The van der Waals surface area contributed by atoms with Crippen LogP contribution in [0.3, 0.4) is 0 Å². The summed E-state index contributed by atoms with van der Waals surface area (Å²) in [6.45, 7) is 15.7. The fourth-order valence-electron chi connectivity index (χ4n) is 12.5. The molecule has 356 valence electrons. The predicted molar refractivity (Wildman–Crippen MR) is 254 cm³/mol. The van der Waals surface area contributed by atoms with Crippen molar-refractivity contribution in [3.63, 3.8) is 0 Å². The lowest BCUT2D eigenvalue weighted by Crippen LogP contribution is -2.45. The van der Waals surface area contributed by atoms with Gasteiger partial charge in [-0.25, -0.2) is 0 Å². The first-order valence-electron chi connectivity index (χ1n) is 26.9. The van der Waals surface area contributed by atoms with E-state index >= 15 is 0 Å². The zero-order valence-corrected chi connectivity index (χ0v) is 41.0. The molecule has 4 rings (SSSR count). The average molecular weight is 858 g/mol. The molecule has 0 saturated heterocycles. The van der Waals surface area contributed by atoms with E-state index in [2.05, 4.69) is 39.5 Å². The van der Waals surface area contributed by atoms with E-state index in [-0.39, 0.29) is 29.2 Å². The summed E-state index contributed by atoms with van der Waals surface area (Å²) in [5.41, 5.74) is 0.883. The molecule has 5 unspecified atom stereocenters. The number of nitrogens with zero attached hydrogens (tertiary/aromatic N) is 1. The van der Waals surface area contributed by atoms with Crippen molar-refractivity contribution in [1.82, 2.24) is 4.90 Å². The highest BCUT2D eigenvalue weighted by Crippen LogP contribution is 2.69. The van der Waals surface area contributed by atoms with E-state index in [1.807, 2.05) is 0 Å². The molecule has 5 atom stereocenters. The van der Waals surface area contributed by atoms with E-state index in [4.69, 9.17) is 14.2 Å². The van der Waals surface area contributed by atoms with Gasteiger partial charge in [-0.05, 0) is 151 Å². The second-order valence-corrected chi connectivity index (χ2v) is 20.9. The summed E-state index contributed by atoms with van der Waals surface area (Å²) < 4.78 is 17.8. The normalized spacial score (nSPS) is 23.6. The molecule has 0 amide bonds. The zero-order chi connectivity index (χ0) is 44.1. The van der Waals surface area contributed by atoms with Gasteiger partial charge in [-0.1, -0.05) is 137 Å². The van der Waals surface area contributed by atoms with Crippen LogP contribution in [-0.4, -0.2) is 62.3 Å². The standard InChI is InChI=1S/C54H99NO6/c1-6-11-14-17-19-21-24-31-49(56)59-39-26-33-52-36-37-53(34-27-40-60-50(57)32-25-38-55(9-4)10-5)43-47(42-52)44-54(45-52,46-53)35-28-41-61-51(58)48(29-22-16-13-8-3)30-23-20-18-15-12-7-2/h47-48H,6-46H2,1-5H3. The van der Waals surface area contributed by atoms with Crippen molar-refractivity contribution in [2.24, 2.45) is 28.1 Å². The third-order valence-corrected chi connectivity index (χ3v) is 15.6. The van der Waals surface area contributed by atoms with Crippen LogP contribution in [0.15, 0.2) is 0 Å². The third-order valence-electron chi connectivity index (χ3n) is 15.6. The smallest absolute Gasteiger partial charge is 0.308 e. The summed E-state index contributed by atoms with van der Waals surface area (Å²) in [6, 6.07) is 0. The highest BCUT2D eigenvalue weighted by molar-refractivity contribution is 5.72. The number of ether oxygens (including phenoxy) is 3. The number of hydrogen-bond donors (Lipinski definition) is 0. The topological polar surface area (TPSA) is 82.1 Å². The molecule has 0 aliphatic heterocycles. The molecular weight excluding hydrogens is 759 g/mol. The van der Waals surface area contributed by atoms with Gasteiger partial charge < -0.3 is 19.1 Å². The molecule has 4 fully saturated rings. The Morgan fingerprint density at radius 2 is 0.902 bits per heavy atom. The molecule has 7 heteroatoms. The van der Waals surface area contributed by atoms with Crippen LogP contribution < -0.4 is 0 Å². The maximum Gasteiger partial charge on any atom is 0.308 e. The van der Waals surface area contributed by atoms with E-state index < -0.39 is 0 Å². The molecule has 4 aliphatic rings. The molecule has 0 spiro atoms. The van der Waals surface area contributed by atoms with Gasteiger partial charge in [0.15, 0.2) is 0 Å². The van der Waals surface area contributed by atoms with Gasteiger partial charge in [0.1, 0.15) is 0 Å².